The summed E-state index contributed by atoms with van der Waals surface area (Å²) in [6.45, 7) is 0.845. The van der Waals surface area contributed by atoms with E-state index in [9.17, 15) is 18.0 Å². The molecule has 1 heterocycles. The van der Waals surface area contributed by atoms with Gasteiger partial charge in [0, 0.05) is 30.5 Å². The standard InChI is InChI=1S/C19H20N2O4S/c1-26(24,25)17-5-3-2-4-16(17)13-6-8-14(9-7-13)19(23)21-11-10-15(12-21)18(20)22/h2-9,15H,10-12H2,1H3,(H2,20,22). The van der Waals surface area contributed by atoms with Crippen LogP contribution in [0.15, 0.2) is 53.4 Å². The Hall–Kier alpha value is -2.67. The lowest BCUT2D eigenvalue weighted by Crippen LogP contribution is -2.31. The van der Waals surface area contributed by atoms with Crippen molar-refractivity contribution >= 4 is 21.7 Å². The van der Waals surface area contributed by atoms with Gasteiger partial charge in [-0.2, -0.15) is 0 Å². The second-order valence-electron chi connectivity index (χ2n) is 6.48. The molecule has 2 amide bonds. The van der Waals surface area contributed by atoms with Gasteiger partial charge in [-0.25, -0.2) is 8.42 Å². The molecule has 1 fully saturated rings. The Morgan fingerprint density at radius 2 is 1.73 bits per heavy atom. The zero-order chi connectivity index (χ0) is 18.9. The van der Waals surface area contributed by atoms with E-state index in [0.717, 1.165) is 5.56 Å². The minimum absolute atomic E-state index is 0.156. The molecule has 26 heavy (non-hydrogen) atoms. The molecule has 0 radical (unpaired) electrons. The molecule has 6 nitrogen and oxygen atoms in total. The molecule has 1 atom stereocenters. The van der Waals surface area contributed by atoms with Gasteiger partial charge < -0.3 is 10.6 Å². The van der Waals surface area contributed by atoms with Crippen molar-refractivity contribution in [3.63, 3.8) is 0 Å². The lowest BCUT2D eigenvalue weighted by molar-refractivity contribution is -0.121. The van der Waals surface area contributed by atoms with E-state index >= 15 is 0 Å². The Labute approximate surface area is 152 Å². The molecular formula is C19H20N2O4S. The highest BCUT2D eigenvalue weighted by Gasteiger charge is 2.30. The van der Waals surface area contributed by atoms with E-state index < -0.39 is 9.84 Å². The minimum Gasteiger partial charge on any atom is -0.369 e. The van der Waals surface area contributed by atoms with E-state index in [-0.39, 0.29) is 22.6 Å². The molecule has 0 spiro atoms. The first kappa shape index (κ1) is 18.1. The van der Waals surface area contributed by atoms with Crippen LogP contribution in [0, 0.1) is 5.92 Å². The highest BCUT2D eigenvalue weighted by Crippen LogP contribution is 2.28. The number of benzene rings is 2. The van der Waals surface area contributed by atoms with E-state index in [4.69, 9.17) is 5.73 Å². The molecule has 0 bridgehead atoms. The monoisotopic (exact) mass is 372 g/mol. The Morgan fingerprint density at radius 3 is 2.31 bits per heavy atom. The fourth-order valence-electron chi connectivity index (χ4n) is 3.18. The largest absolute Gasteiger partial charge is 0.369 e. The molecule has 0 aliphatic carbocycles. The van der Waals surface area contributed by atoms with Crippen LogP contribution in [0.25, 0.3) is 11.1 Å². The van der Waals surface area contributed by atoms with Crippen LogP contribution in [0.1, 0.15) is 16.8 Å². The molecule has 2 aromatic carbocycles. The molecule has 0 aromatic heterocycles. The quantitative estimate of drug-likeness (QED) is 0.883. The van der Waals surface area contributed by atoms with Gasteiger partial charge in [-0.15, -0.1) is 0 Å². The third-order valence-electron chi connectivity index (χ3n) is 4.61. The third-order valence-corrected chi connectivity index (χ3v) is 5.76. The summed E-state index contributed by atoms with van der Waals surface area (Å²) >= 11 is 0. The zero-order valence-electron chi connectivity index (χ0n) is 14.4. The lowest BCUT2D eigenvalue weighted by atomic mass is 10.0. The Balaban J connectivity index is 1.84. The van der Waals surface area contributed by atoms with Gasteiger partial charge in [0.25, 0.3) is 5.91 Å². The van der Waals surface area contributed by atoms with Crippen LogP contribution >= 0.6 is 0 Å². The van der Waals surface area contributed by atoms with Crippen LogP contribution in [0.2, 0.25) is 0 Å². The average molecular weight is 372 g/mol. The zero-order valence-corrected chi connectivity index (χ0v) is 15.2. The van der Waals surface area contributed by atoms with Gasteiger partial charge in [0.2, 0.25) is 5.91 Å². The van der Waals surface area contributed by atoms with Gasteiger partial charge in [0.1, 0.15) is 0 Å². The van der Waals surface area contributed by atoms with Crippen molar-refractivity contribution in [2.24, 2.45) is 11.7 Å². The molecule has 3 rings (SSSR count). The van der Waals surface area contributed by atoms with Crippen LogP contribution < -0.4 is 5.73 Å². The van der Waals surface area contributed by atoms with Crippen LogP contribution in [0.5, 0.6) is 0 Å². The number of likely N-dealkylation sites (tertiary alicyclic amines) is 1. The van der Waals surface area contributed by atoms with Gasteiger partial charge in [0.05, 0.1) is 10.8 Å². The summed E-state index contributed by atoms with van der Waals surface area (Å²) in [5.74, 6) is -0.829. The molecule has 7 heteroatoms. The maximum absolute atomic E-state index is 12.6. The van der Waals surface area contributed by atoms with Crippen molar-refractivity contribution in [3.8, 4) is 11.1 Å². The summed E-state index contributed by atoms with van der Waals surface area (Å²) in [5, 5.41) is 0. The first-order chi connectivity index (χ1) is 12.3. The average Bonchev–Trinajstić information content (AvgIpc) is 3.11. The second-order valence-corrected chi connectivity index (χ2v) is 8.47. The molecule has 1 unspecified atom stereocenters. The summed E-state index contributed by atoms with van der Waals surface area (Å²) in [6.07, 6.45) is 1.76. The molecule has 0 saturated carbocycles. The number of amides is 2. The molecular weight excluding hydrogens is 352 g/mol. The van der Waals surface area contributed by atoms with Gasteiger partial charge in [-0.05, 0) is 30.2 Å². The summed E-state index contributed by atoms with van der Waals surface area (Å²) in [6, 6.07) is 13.6. The van der Waals surface area contributed by atoms with Crippen molar-refractivity contribution in [2.75, 3.05) is 19.3 Å². The SMILES string of the molecule is CS(=O)(=O)c1ccccc1-c1ccc(C(=O)N2CCC(C(N)=O)C2)cc1. The molecule has 136 valence electrons. The van der Waals surface area contributed by atoms with E-state index in [1.54, 1.807) is 53.4 Å². The van der Waals surface area contributed by atoms with E-state index in [1.807, 2.05) is 0 Å². The smallest absolute Gasteiger partial charge is 0.253 e. The second kappa shape index (κ2) is 6.92. The summed E-state index contributed by atoms with van der Waals surface area (Å²) in [4.78, 5) is 25.7. The first-order valence-corrected chi connectivity index (χ1v) is 10.1. The van der Waals surface area contributed by atoms with Crippen molar-refractivity contribution in [3.05, 3.63) is 54.1 Å². The topological polar surface area (TPSA) is 97.5 Å². The predicted molar refractivity (Wildman–Crippen MR) is 98.2 cm³/mol. The van der Waals surface area contributed by atoms with Gasteiger partial charge in [-0.3, -0.25) is 9.59 Å². The number of sulfone groups is 1. The van der Waals surface area contributed by atoms with Crippen LogP contribution in [-0.4, -0.2) is 44.5 Å². The van der Waals surface area contributed by atoms with E-state index in [0.29, 0.717) is 30.6 Å². The minimum atomic E-state index is -3.35. The third kappa shape index (κ3) is 3.62. The summed E-state index contributed by atoms with van der Waals surface area (Å²) in [5.41, 5.74) is 7.12. The molecule has 1 aliphatic heterocycles. The fraction of sp³-hybridized carbons (Fsp3) is 0.263. The van der Waals surface area contributed by atoms with Crippen LogP contribution in [0.3, 0.4) is 0 Å². The molecule has 1 saturated heterocycles. The molecule has 2 aromatic rings. The number of carbonyl (C=O) groups is 2. The highest BCUT2D eigenvalue weighted by atomic mass is 32.2. The number of carbonyl (C=O) groups excluding carboxylic acids is 2. The first-order valence-electron chi connectivity index (χ1n) is 8.25. The highest BCUT2D eigenvalue weighted by molar-refractivity contribution is 7.90. The molecule has 2 N–H and O–H groups in total. The van der Waals surface area contributed by atoms with Crippen LogP contribution in [0.4, 0.5) is 0 Å². The maximum atomic E-state index is 12.6. The van der Waals surface area contributed by atoms with Crippen molar-refractivity contribution in [2.45, 2.75) is 11.3 Å². The summed E-state index contributed by atoms with van der Waals surface area (Å²) < 4.78 is 23.9. The molecule has 1 aliphatic rings. The van der Waals surface area contributed by atoms with Crippen molar-refractivity contribution in [1.82, 2.24) is 4.90 Å². The fourth-order valence-corrected chi connectivity index (χ4v) is 4.09. The van der Waals surface area contributed by atoms with Gasteiger partial charge in [0.15, 0.2) is 9.84 Å². The van der Waals surface area contributed by atoms with Crippen molar-refractivity contribution < 1.29 is 18.0 Å². The predicted octanol–water partition coefficient (Wildman–Crippen LogP) is 1.70. The van der Waals surface area contributed by atoms with Gasteiger partial charge >= 0.3 is 0 Å². The maximum Gasteiger partial charge on any atom is 0.253 e. The van der Waals surface area contributed by atoms with E-state index in [1.165, 1.54) is 6.26 Å². The number of nitrogens with two attached hydrogens (primary N) is 1. The van der Waals surface area contributed by atoms with Gasteiger partial charge in [-0.1, -0.05) is 30.3 Å². The Morgan fingerprint density at radius 1 is 1.08 bits per heavy atom. The van der Waals surface area contributed by atoms with E-state index in [2.05, 4.69) is 0 Å². The normalized spacial score (nSPS) is 17.3. The number of nitrogens with zero attached hydrogens (tertiary/aromatic N) is 1. The Bertz CT molecular complexity index is 952. The number of primary amides is 1. The number of rotatable bonds is 4. The lowest BCUT2D eigenvalue weighted by Gasteiger charge is -2.16. The number of hydrogen-bond donors (Lipinski definition) is 1. The van der Waals surface area contributed by atoms with Crippen LogP contribution in [-0.2, 0) is 14.6 Å². The summed E-state index contributed by atoms with van der Waals surface area (Å²) in [7, 11) is -3.35. The van der Waals surface area contributed by atoms with Crippen molar-refractivity contribution in [1.29, 1.82) is 0 Å². The Kier molecular flexibility index (Phi) is 4.82. The number of hydrogen-bond acceptors (Lipinski definition) is 4.